The van der Waals surface area contributed by atoms with E-state index >= 15 is 0 Å². The first-order chi connectivity index (χ1) is 11.3. The van der Waals surface area contributed by atoms with Crippen molar-refractivity contribution < 1.29 is 9.53 Å². The Bertz CT molecular complexity index is 554. The van der Waals surface area contributed by atoms with E-state index in [2.05, 4.69) is 24.3 Å². The lowest BCUT2D eigenvalue weighted by Gasteiger charge is -2.31. The lowest BCUT2D eigenvalue weighted by Crippen LogP contribution is -2.38. The molecule has 0 bridgehead atoms. The molecule has 0 atom stereocenters. The minimum absolute atomic E-state index is 0.139. The molecule has 0 aromatic heterocycles. The average Bonchev–Trinajstić information content (AvgIpc) is 2.93. The van der Waals surface area contributed by atoms with Gasteiger partial charge < -0.3 is 9.64 Å². The number of nitrogens with zero attached hydrogens (tertiary/aromatic N) is 1. The van der Waals surface area contributed by atoms with Gasteiger partial charge in [0.05, 0.1) is 5.41 Å². The second-order valence-corrected chi connectivity index (χ2v) is 7.53. The van der Waals surface area contributed by atoms with Crippen LogP contribution in [0.4, 0.5) is 5.69 Å². The van der Waals surface area contributed by atoms with E-state index in [1.165, 1.54) is 37.7 Å². The maximum Gasteiger partial charge on any atom is 0.233 e. The topological polar surface area (TPSA) is 29.5 Å². The molecule has 3 aliphatic rings. The van der Waals surface area contributed by atoms with Crippen LogP contribution in [0.1, 0.15) is 62.8 Å². The summed E-state index contributed by atoms with van der Waals surface area (Å²) in [6.45, 7) is 2.34. The molecule has 3 heteroatoms. The zero-order valence-electron chi connectivity index (χ0n) is 13.9. The first-order valence-electron chi connectivity index (χ1n) is 9.28. The minimum atomic E-state index is -0.139. The maximum absolute atomic E-state index is 12.9. The number of ether oxygens (including phenoxy) is 1. The summed E-state index contributed by atoms with van der Waals surface area (Å²) in [7, 11) is 0. The van der Waals surface area contributed by atoms with Crippen molar-refractivity contribution in [1.29, 1.82) is 0 Å². The van der Waals surface area contributed by atoms with Crippen LogP contribution in [0.25, 0.3) is 0 Å². The molecular weight excluding hydrogens is 286 g/mol. The first kappa shape index (κ1) is 15.2. The lowest BCUT2D eigenvalue weighted by molar-refractivity contribution is -0.130. The Labute approximate surface area is 139 Å². The Kier molecular flexibility index (Phi) is 4.14. The number of amides is 1. The summed E-state index contributed by atoms with van der Waals surface area (Å²) in [5, 5.41) is 0. The normalized spacial score (nSPS) is 25.2. The fourth-order valence-corrected chi connectivity index (χ4v) is 4.66. The molecule has 1 saturated carbocycles. The fraction of sp³-hybridized carbons (Fsp3) is 0.650. The van der Waals surface area contributed by atoms with E-state index in [9.17, 15) is 4.79 Å². The highest BCUT2D eigenvalue weighted by Crippen LogP contribution is 2.43. The number of hydrogen-bond donors (Lipinski definition) is 0. The Morgan fingerprint density at radius 3 is 2.35 bits per heavy atom. The fourth-order valence-electron chi connectivity index (χ4n) is 4.66. The Balaban J connectivity index is 1.49. The molecule has 1 amide bonds. The third-order valence-corrected chi connectivity index (χ3v) is 6.24. The number of carbonyl (C=O) groups excluding carboxylic acids is 1. The van der Waals surface area contributed by atoms with E-state index in [0.29, 0.717) is 5.91 Å². The molecule has 0 N–H and O–H groups in total. The number of rotatable bonds is 2. The molecule has 2 aliphatic heterocycles. The van der Waals surface area contributed by atoms with E-state index in [4.69, 9.17) is 4.74 Å². The Hall–Kier alpha value is -1.35. The quantitative estimate of drug-likeness (QED) is 0.816. The van der Waals surface area contributed by atoms with Gasteiger partial charge in [-0.15, -0.1) is 0 Å². The van der Waals surface area contributed by atoms with Gasteiger partial charge in [-0.1, -0.05) is 31.4 Å². The highest BCUT2D eigenvalue weighted by Gasteiger charge is 2.47. The molecule has 3 nitrogen and oxygen atoms in total. The number of carbonyl (C=O) groups is 1. The molecular formula is C20H27NO2. The van der Waals surface area contributed by atoms with Gasteiger partial charge in [-0.2, -0.15) is 0 Å². The van der Waals surface area contributed by atoms with Crippen molar-refractivity contribution >= 4 is 11.6 Å². The third kappa shape index (κ3) is 2.80. The van der Waals surface area contributed by atoms with Crippen molar-refractivity contribution in [3.8, 4) is 0 Å². The maximum atomic E-state index is 12.9. The molecule has 23 heavy (non-hydrogen) atoms. The van der Waals surface area contributed by atoms with Gasteiger partial charge in [0.2, 0.25) is 5.91 Å². The van der Waals surface area contributed by atoms with Crippen LogP contribution in [-0.2, 0) is 9.53 Å². The van der Waals surface area contributed by atoms with Crippen molar-refractivity contribution in [3.63, 3.8) is 0 Å². The lowest BCUT2D eigenvalue weighted by atomic mass is 9.79. The highest BCUT2D eigenvalue weighted by molar-refractivity contribution is 5.99. The number of anilines is 1. The molecule has 2 saturated heterocycles. The zero-order chi connectivity index (χ0) is 15.7. The van der Waals surface area contributed by atoms with Gasteiger partial charge in [0.1, 0.15) is 0 Å². The summed E-state index contributed by atoms with van der Waals surface area (Å²) >= 11 is 0. The van der Waals surface area contributed by atoms with Crippen molar-refractivity contribution in [1.82, 2.24) is 0 Å². The largest absolute Gasteiger partial charge is 0.381 e. The predicted octanol–water partition coefficient (Wildman–Crippen LogP) is 4.27. The summed E-state index contributed by atoms with van der Waals surface area (Å²) in [6, 6.07) is 8.85. The summed E-state index contributed by atoms with van der Waals surface area (Å²) in [5.74, 6) is 1.06. The van der Waals surface area contributed by atoms with Crippen LogP contribution in [0.15, 0.2) is 24.3 Å². The monoisotopic (exact) mass is 313 g/mol. The third-order valence-electron chi connectivity index (χ3n) is 6.24. The van der Waals surface area contributed by atoms with Crippen LogP contribution in [0.5, 0.6) is 0 Å². The van der Waals surface area contributed by atoms with Gasteiger partial charge in [0.25, 0.3) is 0 Å². The van der Waals surface area contributed by atoms with Crippen LogP contribution in [0.2, 0.25) is 0 Å². The standard InChI is InChI=1S/C20H27NO2/c22-19-20(11-14-23-15-12-20)10-13-21(19)18-8-6-17(7-9-18)16-4-2-1-3-5-16/h6-9,16H,1-5,10-15H2. The Morgan fingerprint density at radius 1 is 0.957 bits per heavy atom. The summed E-state index contributed by atoms with van der Waals surface area (Å²) in [6.07, 6.45) is 9.53. The number of hydrogen-bond acceptors (Lipinski definition) is 2. The second kappa shape index (κ2) is 6.27. The summed E-state index contributed by atoms with van der Waals surface area (Å²) < 4.78 is 5.46. The highest BCUT2D eigenvalue weighted by atomic mass is 16.5. The molecule has 2 heterocycles. The molecule has 124 valence electrons. The van der Waals surface area contributed by atoms with Gasteiger partial charge in [-0.25, -0.2) is 0 Å². The molecule has 1 aromatic rings. The van der Waals surface area contributed by atoms with Crippen molar-refractivity contribution in [2.24, 2.45) is 5.41 Å². The van der Waals surface area contributed by atoms with Crippen molar-refractivity contribution in [2.45, 2.75) is 57.3 Å². The molecule has 1 aromatic carbocycles. The second-order valence-electron chi connectivity index (χ2n) is 7.53. The first-order valence-corrected chi connectivity index (χ1v) is 9.28. The molecule has 1 spiro atoms. The predicted molar refractivity (Wildman–Crippen MR) is 91.7 cm³/mol. The van der Waals surface area contributed by atoms with Gasteiger partial charge in [-0.05, 0) is 55.7 Å². The van der Waals surface area contributed by atoms with Gasteiger partial charge in [0.15, 0.2) is 0 Å². The van der Waals surface area contributed by atoms with E-state index < -0.39 is 0 Å². The molecule has 0 radical (unpaired) electrons. The molecule has 1 aliphatic carbocycles. The van der Waals surface area contributed by atoms with Crippen LogP contribution < -0.4 is 4.90 Å². The Morgan fingerprint density at radius 2 is 1.65 bits per heavy atom. The molecule has 4 rings (SSSR count). The van der Waals surface area contributed by atoms with E-state index in [1.807, 2.05) is 4.90 Å². The smallest absolute Gasteiger partial charge is 0.233 e. The van der Waals surface area contributed by atoms with Crippen molar-refractivity contribution in [3.05, 3.63) is 29.8 Å². The molecule has 0 unspecified atom stereocenters. The zero-order valence-corrected chi connectivity index (χ0v) is 13.9. The average molecular weight is 313 g/mol. The van der Waals surface area contributed by atoms with Crippen LogP contribution in [0, 0.1) is 5.41 Å². The van der Waals surface area contributed by atoms with Crippen molar-refractivity contribution in [2.75, 3.05) is 24.7 Å². The summed E-state index contributed by atoms with van der Waals surface area (Å²) in [5.41, 5.74) is 2.40. The van der Waals surface area contributed by atoms with E-state index in [-0.39, 0.29) is 5.41 Å². The van der Waals surface area contributed by atoms with Gasteiger partial charge in [-0.3, -0.25) is 4.79 Å². The van der Waals surface area contributed by atoms with E-state index in [1.54, 1.807) is 0 Å². The number of benzene rings is 1. The molecule has 3 fully saturated rings. The van der Waals surface area contributed by atoms with Crippen LogP contribution in [-0.4, -0.2) is 25.7 Å². The summed E-state index contributed by atoms with van der Waals surface area (Å²) in [4.78, 5) is 14.9. The van der Waals surface area contributed by atoms with Gasteiger partial charge in [0, 0.05) is 25.4 Å². The van der Waals surface area contributed by atoms with Crippen LogP contribution >= 0.6 is 0 Å². The van der Waals surface area contributed by atoms with Crippen LogP contribution in [0.3, 0.4) is 0 Å². The minimum Gasteiger partial charge on any atom is -0.381 e. The van der Waals surface area contributed by atoms with E-state index in [0.717, 1.165) is 50.6 Å². The van der Waals surface area contributed by atoms with Gasteiger partial charge >= 0.3 is 0 Å². The SMILES string of the molecule is O=C1N(c2ccc(C3CCCCC3)cc2)CCC12CCOCC2.